The maximum absolute atomic E-state index is 6.30. The Kier molecular flexibility index (Phi) is 5.88. The minimum atomic E-state index is 0.288. The maximum atomic E-state index is 6.30. The van der Waals surface area contributed by atoms with Gasteiger partial charge in [0.05, 0.1) is 0 Å². The second kappa shape index (κ2) is 7.24. The molecule has 20 heavy (non-hydrogen) atoms. The molecule has 0 atom stereocenters. The molecule has 118 valence electrons. The smallest absolute Gasteiger partial charge is 0.0358 e. The highest BCUT2D eigenvalue weighted by atomic mass is 15.3. The van der Waals surface area contributed by atoms with Crippen LogP contribution in [0.5, 0.6) is 0 Å². The van der Waals surface area contributed by atoms with Crippen molar-refractivity contribution >= 4 is 0 Å². The van der Waals surface area contributed by atoms with Gasteiger partial charge in [-0.05, 0) is 64.7 Å². The minimum absolute atomic E-state index is 0.288. The zero-order valence-electron chi connectivity index (χ0n) is 13.9. The SMILES string of the molecule is CC(C)CCN(C1CCCC1)C1(CN)CCN(C)CC1. The van der Waals surface area contributed by atoms with Gasteiger partial charge in [-0.15, -0.1) is 0 Å². The molecule has 0 bridgehead atoms. The molecule has 2 fully saturated rings. The van der Waals surface area contributed by atoms with E-state index >= 15 is 0 Å². The van der Waals surface area contributed by atoms with Gasteiger partial charge < -0.3 is 10.6 Å². The quantitative estimate of drug-likeness (QED) is 0.812. The van der Waals surface area contributed by atoms with Crippen LogP contribution >= 0.6 is 0 Å². The van der Waals surface area contributed by atoms with Crippen molar-refractivity contribution in [3.63, 3.8) is 0 Å². The monoisotopic (exact) mass is 281 g/mol. The largest absolute Gasteiger partial charge is 0.329 e. The number of likely N-dealkylation sites (tertiary alicyclic amines) is 1. The number of hydrogen-bond donors (Lipinski definition) is 1. The van der Waals surface area contributed by atoms with Crippen LogP contribution in [0, 0.1) is 5.92 Å². The summed E-state index contributed by atoms with van der Waals surface area (Å²) < 4.78 is 0. The molecule has 0 aromatic heterocycles. The molecule has 2 rings (SSSR count). The van der Waals surface area contributed by atoms with Crippen LogP contribution in [-0.4, -0.2) is 54.6 Å². The molecule has 1 heterocycles. The summed E-state index contributed by atoms with van der Waals surface area (Å²) in [5, 5.41) is 0. The fourth-order valence-corrected chi connectivity index (χ4v) is 4.06. The molecular weight excluding hydrogens is 246 g/mol. The zero-order chi connectivity index (χ0) is 14.6. The average molecular weight is 281 g/mol. The summed E-state index contributed by atoms with van der Waals surface area (Å²) in [5.41, 5.74) is 6.59. The number of piperidine rings is 1. The third-order valence-corrected chi connectivity index (χ3v) is 5.62. The van der Waals surface area contributed by atoms with Crippen LogP contribution in [0.3, 0.4) is 0 Å². The average Bonchev–Trinajstić information content (AvgIpc) is 2.95. The molecule has 3 heteroatoms. The highest BCUT2D eigenvalue weighted by Crippen LogP contribution is 2.35. The lowest BCUT2D eigenvalue weighted by atomic mass is 9.83. The first-order chi connectivity index (χ1) is 9.57. The number of nitrogens with two attached hydrogens (primary N) is 1. The van der Waals surface area contributed by atoms with Gasteiger partial charge in [-0.25, -0.2) is 0 Å². The Hall–Kier alpha value is -0.120. The van der Waals surface area contributed by atoms with E-state index in [1.807, 2.05) is 0 Å². The van der Waals surface area contributed by atoms with Crippen LogP contribution < -0.4 is 5.73 Å². The van der Waals surface area contributed by atoms with Gasteiger partial charge in [0.2, 0.25) is 0 Å². The summed E-state index contributed by atoms with van der Waals surface area (Å²) in [5.74, 6) is 0.792. The van der Waals surface area contributed by atoms with Gasteiger partial charge in [0.25, 0.3) is 0 Å². The number of hydrogen-bond acceptors (Lipinski definition) is 3. The van der Waals surface area contributed by atoms with Crippen LogP contribution in [0.4, 0.5) is 0 Å². The zero-order valence-corrected chi connectivity index (χ0v) is 13.9. The second-order valence-electron chi connectivity index (χ2n) is 7.55. The minimum Gasteiger partial charge on any atom is -0.329 e. The van der Waals surface area contributed by atoms with Gasteiger partial charge in [0.15, 0.2) is 0 Å². The molecule has 0 unspecified atom stereocenters. The molecular formula is C17H35N3. The molecule has 0 spiro atoms. The van der Waals surface area contributed by atoms with E-state index in [1.54, 1.807) is 0 Å². The molecule has 3 nitrogen and oxygen atoms in total. The topological polar surface area (TPSA) is 32.5 Å². The first-order valence-corrected chi connectivity index (χ1v) is 8.73. The maximum Gasteiger partial charge on any atom is 0.0358 e. The summed E-state index contributed by atoms with van der Waals surface area (Å²) >= 11 is 0. The predicted molar refractivity (Wildman–Crippen MR) is 86.9 cm³/mol. The van der Waals surface area contributed by atoms with Crippen LogP contribution in [0.15, 0.2) is 0 Å². The second-order valence-corrected chi connectivity index (χ2v) is 7.55. The van der Waals surface area contributed by atoms with Gasteiger partial charge in [-0.3, -0.25) is 4.90 Å². The molecule has 1 aliphatic heterocycles. The highest BCUT2D eigenvalue weighted by molar-refractivity contribution is 4.99. The number of rotatable bonds is 6. The van der Waals surface area contributed by atoms with E-state index in [-0.39, 0.29) is 5.54 Å². The van der Waals surface area contributed by atoms with Gasteiger partial charge in [-0.1, -0.05) is 26.7 Å². The first kappa shape index (κ1) is 16.3. The van der Waals surface area contributed by atoms with E-state index in [1.165, 1.54) is 64.6 Å². The lowest BCUT2D eigenvalue weighted by molar-refractivity contribution is -0.0000312. The van der Waals surface area contributed by atoms with Crippen molar-refractivity contribution in [2.45, 2.75) is 70.4 Å². The molecule has 0 aromatic carbocycles. The summed E-state index contributed by atoms with van der Waals surface area (Å²) in [6.07, 6.45) is 9.47. The summed E-state index contributed by atoms with van der Waals surface area (Å²) in [7, 11) is 2.24. The molecule has 2 aliphatic rings. The lowest BCUT2D eigenvalue weighted by Crippen LogP contribution is -2.61. The molecule has 1 saturated carbocycles. The Morgan fingerprint density at radius 2 is 1.80 bits per heavy atom. The predicted octanol–water partition coefficient (Wildman–Crippen LogP) is 2.70. The van der Waals surface area contributed by atoms with E-state index in [0.29, 0.717) is 0 Å². The van der Waals surface area contributed by atoms with Crippen molar-refractivity contribution in [3.05, 3.63) is 0 Å². The van der Waals surface area contributed by atoms with Gasteiger partial charge in [0.1, 0.15) is 0 Å². The van der Waals surface area contributed by atoms with Crippen molar-refractivity contribution < 1.29 is 0 Å². The molecule has 0 radical (unpaired) electrons. The summed E-state index contributed by atoms with van der Waals surface area (Å²) in [4.78, 5) is 5.32. The molecule has 1 aliphatic carbocycles. The molecule has 0 aromatic rings. The molecule has 0 amide bonds. The van der Waals surface area contributed by atoms with E-state index in [0.717, 1.165) is 18.5 Å². The van der Waals surface area contributed by atoms with E-state index in [2.05, 4.69) is 30.7 Å². The van der Waals surface area contributed by atoms with Crippen LogP contribution in [-0.2, 0) is 0 Å². The molecule has 2 N–H and O–H groups in total. The standard InChI is InChI=1S/C17H35N3/c1-15(2)8-11-20(16-6-4-5-7-16)17(14-18)9-12-19(3)13-10-17/h15-16H,4-14,18H2,1-3H3. The van der Waals surface area contributed by atoms with Crippen molar-refractivity contribution in [3.8, 4) is 0 Å². The van der Waals surface area contributed by atoms with Crippen LogP contribution in [0.2, 0.25) is 0 Å². The van der Waals surface area contributed by atoms with E-state index in [9.17, 15) is 0 Å². The van der Waals surface area contributed by atoms with Crippen LogP contribution in [0.25, 0.3) is 0 Å². The van der Waals surface area contributed by atoms with Gasteiger partial charge >= 0.3 is 0 Å². The summed E-state index contributed by atoms with van der Waals surface area (Å²) in [6, 6.07) is 0.806. The normalized spacial score (nSPS) is 24.9. The Bertz CT molecular complexity index is 276. The Morgan fingerprint density at radius 1 is 1.20 bits per heavy atom. The Morgan fingerprint density at radius 3 is 2.30 bits per heavy atom. The van der Waals surface area contributed by atoms with E-state index < -0.39 is 0 Å². The summed E-state index contributed by atoms with van der Waals surface area (Å²) in [6.45, 7) is 9.20. The van der Waals surface area contributed by atoms with Crippen molar-refractivity contribution in [1.82, 2.24) is 9.80 Å². The highest BCUT2D eigenvalue weighted by Gasteiger charge is 2.41. The fourth-order valence-electron chi connectivity index (χ4n) is 4.06. The van der Waals surface area contributed by atoms with Gasteiger partial charge in [0, 0.05) is 18.1 Å². The first-order valence-electron chi connectivity index (χ1n) is 8.73. The lowest BCUT2D eigenvalue weighted by Gasteiger charge is -2.51. The third-order valence-electron chi connectivity index (χ3n) is 5.62. The van der Waals surface area contributed by atoms with E-state index in [4.69, 9.17) is 5.73 Å². The molecule has 1 saturated heterocycles. The van der Waals surface area contributed by atoms with Crippen molar-refractivity contribution in [2.24, 2.45) is 11.7 Å². The third kappa shape index (κ3) is 3.75. The Labute approximate surface area is 125 Å². The van der Waals surface area contributed by atoms with Crippen LogP contribution in [0.1, 0.15) is 58.8 Å². The van der Waals surface area contributed by atoms with Crippen molar-refractivity contribution in [1.29, 1.82) is 0 Å². The fraction of sp³-hybridized carbons (Fsp3) is 1.00. The van der Waals surface area contributed by atoms with Crippen molar-refractivity contribution in [2.75, 3.05) is 33.2 Å². The number of nitrogens with zero attached hydrogens (tertiary/aromatic N) is 2. The Balaban J connectivity index is 2.09. The van der Waals surface area contributed by atoms with Gasteiger partial charge in [-0.2, -0.15) is 0 Å².